The van der Waals surface area contributed by atoms with E-state index in [1.165, 1.54) is 6.20 Å². The largest absolute Gasteiger partial charge is 0.481 e. The molecule has 2 rings (SSSR count). The third-order valence-corrected chi connectivity index (χ3v) is 3.41. The van der Waals surface area contributed by atoms with Crippen LogP contribution in [0.2, 0.25) is 0 Å². The van der Waals surface area contributed by atoms with Crippen molar-refractivity contribution in [1.82, 2.24) is 10.3 Å². The second-order valence-electron chi connectivity index (χ2n) is 4.42. The summed E-state index contributed by atoms with van der Waals surface area (Å²) in [6.45, 7) is 0. The van der Waals surface area contributed by atoms with Crippen molar-refractivity contribution in [1.29, 1.82) is 0 Å². The summed E-state index contributed by atoms with van der Waals surface area (Å²) >= 11 is 3.32. The van der Waals surface area contributed by atoms with Gasteiger partial charge in [0, 0.05) is 16.9 Å². The Kier molecular flexibility index (Phi) is 5.05. The Morgan fingerprint density at radius 3 is 2.52 bits per heavy atom. The Bertz CT molecular complexity index is 629. The van der Waals surface area contributed by atoms with E-state index in [1.54, 1.807) is 42.6 Å². The van der Waals surface area contributed by atoms with Crippen molar-refractivity contribution in [3.63, 3.8) is 0 Å². The number of hydrogen-bond donors (Lipinski definition) is 2. The van der Waals surface area contributed by atoms with E-state index in [9.17, 15) is 9.59 Å². The van der Waals surface area contributed by atoms with Crippen LogP contribution in [0.15, 0.2) is 53.3 Å². The lowest BCUT2D eigenvalue weighted by molar-refractivity contribution is -0.137. The van der Waals surface area contributed by atoms with E-state index in [1.807, 2.05) is 0 Å². The molecule has 0 unspecified atom stereocenters. The molecule has 0 aliphatic rings. The minimum absolute atomic E-state index is 0.187. The van der Waals surface area contributed by atoms with Crippen LogP contribution in [0, 0.1) is 0 Å². The lowest BCUT2D eigenvalue weighted by Gasteiger charge is -2.17. The van der Waals surface area contributed by atoms with E-state index in [0.717, 1.165) is 10.0 Å². The predicted octanol–water partition coefficient (Wildman–Crippen LogP) is 2.79. The predicted molar refractivity (Wildman–Crippen MR) is 80.8 cm³/mol. The number of carbonyl (C=O) groups is 2. The standard InChI is InChI=1S/C15H13BrN2O3/c16-12-5-3-10(4-6-12)13(8-14(19)20)18-15(21)11-2-1-7-17-9-11/h1-7,9,13H,8H2,(H,18,21)(H,19,20)/t13-/m1/s1. The SMILES string of the molecule is O=C(O)C[C@@H](NC(=O)c1cccnc1)c1ccc(Br)cc1. The highest BCUT2D eigenvalue weighted by atomic mass is 79.9. The fourth-order valence-corrected chi connectivity index (χ4v) is 2.12. The first kappa shape index (κ1) is 15.2. The van der Waals surface area contributed by atoms with Gasteiger partial charge in [-0.25, -0.2) is 0 Å². The Morgan fingerprint density at radius 2 is 1.95 bits per heavy atom. The number of pyridine rings is 1. The number of aromatic nitrogens is 1. The van der Waals surface area contributed by atoms with Gasteiger partial charge >= 0.3 is 5.97 Å². The number of carboxylic acid groups (broad SMARTS) is 1. The number of benzene rings is 1. The number of aliphatic carboxylic acids is 1. The maximum absolute atomic E-state index is 12.1. The van der Waals surface area contributed by atoms with Gasteiger partial charge in [0.2, 0.25) is 0 Å². The van der Waals surface area contributed by atoms with E-state index >= 15 is 0 Å². The monoisotopic (exact) mass is 348 g/mol. The van der Waals surface area contributed by atoms with Crippen LogP contribution >= 0.6 is 15.9 Å². The summed E-state index contributed by atoms with van der Waals surface area (Å²) in [4.78, 5) is 27.0. The summed E-state index contributed by atoms with van der Waals surface area (Å²) in [5, 5.41) is 11.7. The minimum atomic E-state index is -0.977. The average Bonchev–Trinajstić information content (AvgIpc) is 2.48. The van der Waals surface area contributed by atoms with Crippen molar-refractivity contribution < 1.29 is 14.7 Å². The van der Waals surface area contributed by atoms with Gasteiger partial charge in [0.25, 0.3) is 5.91 Å². The number of hydrogen-bond acceptors (Lipinski definition) is 3. The van der Waals surface area contributed by atoms with Gasteiger partial charge in [0.05, 0.1) is 18.0 Å². The molecule has 1 aromatic heterocycles. The van der Waals surface area contributed by atoms with Gasteiger partial charge in [-0.1, -0.05) is 28.1 Å². The van der Waals surface area contributed by atoms with Gasteiger partial charge in [-0.05, 0) is 29.8 Å². The van der Waals surface area contributed by atoms with Crippen LogP contribution in [0.1, 0.15) is 28.4 Å². The average molecular weight is 349 g/mol. The van der Waals surface area contributed by atoms with Crippen molar-refractivity contribution in [3.05, 3.63) is 64.4 Å². The maximum Gasteiger partial charge on any atom is 0.305 e. The number of carbonyl (C=O) groups excluding carboxylic acids is 1. The van der Waals surface area contributed by atoms with Crippen molar-refractivity contribution in [2.24, 2.45) is 0 Å². The summed E-state index contributed by atoms with van der Waals surface area (Å²) < 4.78 is 0.888. The topological polar surface area (TPSA) is 79.3 Å². The fourth-order valence-electron chi connectivity index (χ4n) is 1.86. The zero-order valence-corrected chi connectivity index (χ0v) is 12.6. The number of nitrogens with one attached hydrogen (secondary N) is 1. The van der Waals surface area contributed by atoms with Gasteiger partial charge in [0.15, 0.2) is 0 Å². The Hall–Kier alpha value is -2.21. The molecule has 0 aliphatic heterocycles. The second-order valence-corrected chi connectivity index (χ2v) is 5.33. The molecule has 1 amide bonds. The second kappa shape index (κ2) is 6.99. The van der Waals surface area contributed by atoms with Gasteiger partial charge in [0.1, 0.15) is 0 Å². The summed E-state index contributed by atoms with van der Waals surface area (Å²) in [6.07, 6.45) is 2.82. The van der Waals surface area contributed by atoms with Crippen molar-refractivity contribution in [2.75, 3.05) is 0 Å². The molecule has 1 aromatic carbocycles. The molecule has 0 bridgehead atoms. The molecule has 0 fully saturated rings. The number of nitrogens with zero attached hydrogens (tertiary/aromatic N) is 1. The van der Waals surface area contributed by atoms with E-state index in [0.29, 0.717) is 5.56 Å². The summed E-state index contributed by atoms with van der Waals surface area (Å²) in [5.74, 6) is -1.33. The minimum Gasteiger partial charge on any atom is -0.481 e. The summed E-state index contributed by atoms with van der Waals surface area (Å²) in [6, 6.07) is 9.86. The van der Waals surface area contributed by atoms with Crippen LogP contribution in [0.25, 0.3) is 0 Å². The Balaban J connectivity index is 2.18. The molecular formula is C15H13BrN2O3. The molecule has 2 aromatic rings. The lowest BCUT2D eigenvalue weighted by atomic mass is 10.0. The molecule has 0 radical (unpaired) electrons. The van der Waals surface area contributed by atoms with Gasteiger partial charge < -0.3 is 10.4 Å². The third-order valence-electron chi connectivity index (χ3n) is 2.88. The van der Waals surface area contributed by atoms with Crippen LogP contribution in [-0.2, 0) is 4.79 Å². The van der Waals surface area contributed by atoms with Crippen LogP contribution in [0.4, 0.5) is 0 Å². The third kappa shape index (κ3) is 4.39. The first-order chi connectivity index (χ1) is 10.1. The molecule has 0 saturated heterocycles. The van der Waals surface area contributed by atoms with Crippen LogP contribution in [0.3, 0.4) is 0 Å². The van der Waals surface area contributed by atoms with Crippen molar-refractivity contribution >= 4 is 27.8 Å². The van der Waals surface area contributed by atoms with E-state index < -0.39 is 12.0 Å². The number of amides is 1. The smallest absolute Gasteiger partial charge is 0.305 e. The quantitative estimate of drug-likeness (QED) is 0.870. The van der Waals surface area contributed by atoms with E-state index in [4.69, 9.17) is 5.11 Å². The highest BCUT2D eigenvalue weighted by Crippen LogP contribution is 2.20. The summed E-state index contributed by atoms with van der Waals surface area (Å²) in [7, 11) is 0. The Labute approximate surface area is 130 Å². The first-order valence-corrected chi connectivity index (χ1v) is 7.03. The molecule has 2 N–H and O–H groups in total. The lowest BCUT2D eigenvalue weighted by Crippen LogP contribution is -2.30. The highest BCUT2D eigenvalue weighted by molar-refractivity contribution is 9.10. The zero-order valence-electron chi connectivity index (χ0n) is 11.0. The van der Waals surface area contributed by atoms with Gasteiger partial charge in [-0.2, -0.15) is 0 Å². The molecule has 21 heavy (non-hydrogen) atoms. The number of rotatable bonds is 5. The molecular weight excluding hydrogens is 336 g/mol. The maximum atomic E-state index is 12.1. The normalized spacial score (nSPS) is 11.7. The Morgan fingerprint density at radius 1 is 1.24 bits per heavy atom. The fraction of sp³-hybridized carbons (Fsp3) is 0.133. The molecule has 5 nitrogen and oxygen atoms in total. The molecule has 0 saturated carbocycles. The number of carboxylic acids is 1. The molecule has 1 atom stereocenters. The molecule has 0 aliphatic carbocycles. The number of halogens is 1. The van der Waals surface area contributed by atoms with Gasteiger partial charge in [-0.15, -0.1) is 0 Å². The first-order valence-electron chi connectivity index (χ1n) is 6.24. The van der Waals surface area contributed by atoms with Crippen molar-refractivity contribution in [3.8, 4) is 0 Å². The van der Waals surface area contributed by atoms with Crippen molar-refractivity contribution in [2.45, 2.75) is 12.5 Å². The van der Waals surface area contributed by atoms with Crippen LogP contribution in [0.5, 0.6) is 0 Å². The van der Waals surface area contributed by atoms with Crippen LogP contribution < -0.4 is 5.32 Å². The zero-order chi connectivity index (χ0) is 15.2. The summed E-state index contributed by atoms with van der Waals surface area (Å²) in [5.41, 5.74) is 1.13. The van der Waals surface area contributed by atoms with Crippen LogP contribution in [-0.4, -0.2) is 22.0 Å². The molecule has 6 heteroatoms. The van der Waals surface area contributed by atoms with E-state index in [-0.39, 0.29) is 12.3 Å². The molecule has 108 valence electrons. The van der Waals surface area contributed by atoms with Gasteiger partial charge in [-0.3, -0.25) is 14.6 Å². The molecule has 1 heterocycles. The highest BCUT2D eigenvalue weighted by Gasteiger charge is 2.18. The van der Waals surface area contributed by atoms with E-state index in [2.05, 4.69) is 26.2 Å². The molecule has 0 spiro atoms.